The topological polar surface area (TPSA) is 62.4 Å². The number of rotatable bonds is 3. The number of hydrogen-bond acceptors (Lipinski definition) is 4. The summed E-state index contributed by atoms with van der Waals surface area (Å²) in [6.45, 7) is 6.63. The summed E-state index contributed by atoms with van der Waals surface area (Å²) in [6, 6.07) is 12.8. The largest absolute Gasteiger partial charge is 0.379 e. The summed E-state index contributed by atoms with van der Waals surface area (Å²) in [7, 11) is 0. The van der Waals surface area contributed by atoms with Crippen LogP contribution in [0.2, 0.25) is 0 Å². The molecule has 0 bridgehead atoms. The number of nitrogens with one attached hydrogen (secondary N) is 1. The van der Waals surface area contributed by atoms with Gasteiger partial charge in [0.05, 0.1) is 18.8 Å². The van der Waals surface area contributed by atoms with Crippen molar-refractivity contribution in [3.8, 4) is 0 Å². The number of morpholine rings is 1. The third-order valence-corrected chi connectivity index (χ3v) is 5.32. The second-order valence-electron chi connectivity index (χ2n) is 7.25. The fourth-order valence-corrected chi connectivity index (χ4v) is 3.68. The number of aromatic nitrogens is 1. The van der Waals surface area contributed by atoms with Gasteiger partial charge in [-0.2, -0.15) is 0 Å². The van der Waals surface area contributed by atoms with Gasteiger partial charge in [0.15, 0.2) is 11.2 Å². The highest BCUT2D eigenvalue weighted by Gasteiger charge is 2.36. The average molecular weight is 350 g/mol. The molecule has 0 spiro atoms. The maximum Gasteiger partial charge on any atom is 0.197 e. The Labute approximate surface area is 151 Å². The highest BCUT2D eigenvalue weighted by Crippen LogP contribution is 2.24. The lowest BCUT2D eigenvalue weighted by Gasteiger charge is -2.39. The van der Waals surface area contributed by atoms with Crippen LogP contribution in [-0.2, 0) is 4.74 Å². The molecule has 1 aliphatic heterocycles. The molecular formula is C21H22N2O3. The summed E-state index contributed by atoms with van der Waals surface area (Å²) in [5.41, 5.74) is 1.43. The van der Waals surface area contributed by atoms with E-state index in [4.69, 9.17) is 4.74 Å². The van der Waals surface area contributed by atoms with Gasteiger partial charge in [-0.3, -0.25) is 14.5 Å². The summed E-state index contributed by atoms with van der Waals surface area (Å²) in [5.74, 6) is 0.0221. The second-order valence-corrected chi connectivity index (χ2v) is 7.25. The normalized spacial score (nSPS) is 16.2. The van der Waals surface area contributed by atoms with Crippen molar-refractivity contribution >= 4 is 27.6 Å². The first-order valence-electron chi connectivity index (χ1n) is 8.91. The van der Waals surface area contributed by atoms with Crippen LogP contribution in [0.25, 0.3) is 21.8 Å². The molecule has 1 aromatic heterocycles. The van der Waals surface area contributed by atoms with Crippen molar-refractivity contribution in [3.05, 3.63) is 58.3 Å². The van der Waals surface area contributed by atoms with Crippen molar-refractivity contribution in [2.75, 3.05) is 26.3 Å². The number of H-pyrrole nitrogens is 1. The highest BCUT2D eigenvalue weighted by molar-refractivity contribution is 6.05. The van der Waals surface area contributed by atoms with E-state index < -0.39 is 5.54 Å². The third kappa shape index (κ3) is 2.73. The van der Waals surface area contributed by atoms with Crippen molar-refractivity contribution in [1.29, 1.82) is 0 Å². The molecule has 1 saturated heterocycles. The number of fused-ring (bicyclic) bond motifs is 2. The number of Topliss-reactive ketones (excluding diaryl/α,β-unsaturated/α-hetero) is 1. The zero-order valence-electron chi connectivity index (χ0n) is 15.0. The van der Waals surface area contributed by atoms with E-state index in [1.807, 2.05) is 38.1 Å². The zero-order chi connectivity index (χ0) is 18.3. The van der Waals surface area contributed by atoms with Gasteiger partial charge < -0.3 is 9.72 Å². The average Bonchev–Trinajstić information content (AvgIpc) is 2.68. The van der Waals surface area contributed by atoms with E-state index in [-0.39, 0.29) is 11.2 Å². The molecule has 0 unspecified atom stereocenters. The molecule has 0 aliphatic carbocycles. The zero-order valence-corrected chi connectivity index (χ0v) is 15.0. The minimum Gasteiger partial charge on any atom is -0.379 e. The molecule has 2 heterocycles. The van der Waals surface area contributed by atoms with E-state index in [1.54, 1.807) is 18.2 Å². The maximum atomic E-state index is 13.2. The van der Waals surface area contributed by atoms with Gasteiger partial charge >= 0.3 is 0 Å². The monoisotopic (exact) mass is 350 g/mol. The van der Waals surface area contributed by atoms with Crippen LogP contribution in [0.4, 0.5) is 0 Å². The summed E-state index contributed by atoms with van der Waals surface area (Å²) in [5, 5.41) is 1.18. The highest BCUT2D eigenvalue weighted by atomic mass is 16.5. The lowest BCUT2D eigenvalue weighted by atomic mass is 9.90. The van der Waals surface area contributed by atoms with E-state index in [0.717, 1.165) is 24.1 Å². The molecule has 3 aromatic rings. The smallest absolute Gasteiger partial charge is 0.197 e. The standard InChI is InChI=1S/C21H22N2O3/c1-21(2,23-9-11-26-12-10-23)20(25)14-7-8-18-16(13-14)19(24)15-5-3-4-6-17(15)22-18/h3-8,13H,9-12H2,1-2H3,(H,22,24). The fraction of sp³-hybridized carbons (Fsp3) is 0.333. The summed E-state index contributed by atoms with van der Waals surface area (Å²) < 4.78 is 5.40. The van der Waals surface area contributed by atoms with E-state index in [0.29, 0.717) is 29.5 Å². The van der Waals surface area contributed by atoms with Crippen LogP contribution in [0.5, 0.6) is 0 Å². The molecule has 0 amide bonds. The van der Waals surface area contributed by atoms with Crippen LogP contribution in [0.15, 0.2) is 47.3 Å². The minimum atomic E-state index is -0.638. The number of carbonyl (C=O) groups excluding carboxylic acids is 1. The predicted octanol–water partition coefficient (Wildman–Crippen LogP) is 2.97. The van der Waals surface area contributed by atoms with Gasteiger partial charge in [-0.25, -0.2) is 0 Å². The number of hydrogen-bond donors (Lipinski definition) is 1. The SMILES string of the molecule is CC(C)(C(=O)c1ccc2[nH]c3ccccc3c(=O)c2c1)N1CCOCC1. The van der Waals surface area contributed by atoms with E-state index in [2.05, 4.69) is 9.88 Å². The lowest BCUT2D eigenvalue weighted by molar-refractivity contribution is -0.00429. The van der Waals surface area contributed by atoms with Crippen LogP contribution < -0.4 is 5.43 Å². The van der Waals surface area contributed by atoms with Gasteiger partial charge in [-0.1, -0.05) is 12.1 Å². The number of nitrogens with zero attached hydrogens (tertiary/aromatic N) is 1. The molecule has 0 radical (unpaired) electrons. The predicted molar refractivity (Wildman–Crippen MR) is 103 cm³/mol. The summed E-state index contributed by atoms with van der Waals surface area (Å²) >= 11 is 0. The number of para-hydroxylation sites is 1. The van der Waals surface area contributed by atoms with Gasteiger partial charge in [0.25, 0.3) is 0 Å². The molecule has 5 heteroatoms. The van der Waals surface area contributed by atoms with Gasteiger partial charge in [0.2, 0.25) is 0 Å². The molecular weight excluding hydrogens is 328 g/mol. The summed E-state index contributed by atoms with van der Waals surface area (Å²) in [4.78, 5) is 31.5. The van der Waals surface area contributed by atoms with Crippen molar-refractivity contribution in [2.24, 2.45) is 0 Å². The lowest BCUT2D eigenvalue weighted by Crippen LogP contribution is -2.54. The van der Waals surface area contributed by atoms with Gasteiger partial charge in [0.1, 0.15) is 0 Å². The Morgan fingerprint density at radius 1 is 1.04 bits per heavy atom. The molecule has 4 rings (SSSR count). The Balaban J connectivity index is 1.79. The molecule has 134 valence electrons. The Hall–Kier alpha value is -2.50. The molecule has 26 heavy (non-hydrogen) atoms. The minimum absolute atomic E-state index is 0.0221. The number of ether oxygens (including phenoxy) is 1. The Morgan fingerprint density at radius 3 is 2.50 bits per heavy atom. The van der Waals surface area contributed by atoms with Gasteiger partial charge in [-0.05, 0) is 44.2 Å². The third-order valence-electron chi connectivity index (χ3n) is 5.32. The van der Waals surface area contributed by atoms with E-state index >= 15 is 0 Å². The van der Waals surface area contributed by atoms with Crippen LogP contribution in [0, 0.1) is 0 Å². The number of aromatic amines is 1. The van der Waals surface area contributed by atoms with Gasteiger partial charge in [0, 0.05) is 40.5 Å². The number of carbonyl (C=O) groups is 1. The Morgan fingerprint density at radius 2 is 1.73 bits per heavy atom. The first-order valence-corrected chi connectivity index (χ1v) is 8.91. The molecule has 2 aromatic carbocycles. The van der Waals surface area contributed by atoms with Crippen molar-refractivity contribution < 1.29 is 9.53 Å². The molecule has 1 N–H and O–H groups in total. The quantitative estimate of drug-likeness (QED) is 0.583. The first-order chi connectivity index (χ1) is 12.5. The van der Waals surface area contributed by atoms with E-state index in [9.17, 15) is 9.59 Å². The van der Waals surface area contributed by atoms with Crippen LogP contribution >= 0.6 is 0 Å². The second kappa shape index (κ2) is 6.34. The number of pyridine rings is 1. The van der Waals surface area contributed by atoms with E-state index in [1.165, 1.54) is 0 Å². The van der Waals surface area contributed by atoms with Crippen LogP contribution in [-0.4, -0.2) is 47.5 Å². The van der Waals surface area contributed by atoms with Crippen molar-refractivity contribution in [2.45, 2.75) is 19.4 Å². The number of benzene rings is 2. The molecule has 5 nitrogen and oxygen atoms in total. The van der Waals surface area contributed by atoms with Crippen molar-refractivity contribution in [1.82, 2.24) is 9.88 Å². The van der Waals surface area contributed by atoms with Crippen molar-refractivity contribution in [3.63, 3.8) is 0 Å². The maximum absolute atomic E-state index is 13.2. The molecule has 1 aliphatic rings. The fourth-order valence-electron chi connectivity index (χ4n) is 3.68. The first kappa shape index (κ1) is 16.9. The Bertz CT molecular complexity index is 1050. The summed E-state index contributed by atoms with van der Waals surface area (Å²) in [6.07, 6.45) is 0. The van der Waals surface area contributed by atoms with Gasteiger partial charge in [-0.15, -0.1) is 0 Å². The molecule has 0 saturated carbocycles. The molecule has 1 fully saturated rings. The van der Waals surface area contributed by atoms with Crippen LogP contribution in [0.3, 0.4) is 0 Å². The molecule has 0 atom stereocenters. The Kier molecular flexibility index (Phi) is 4.13. The number of ketones is 1. The van der Waals surface area contributed by atoms with Crippen LogP contribution in [0.1, 0.15) is 24.2 Å².